The first-order valence-corrected chi connectivity index (χ1v) is 9.42. The molecule has 28 heavy (non-hydrogen) atoms. The summed E-state index contributed by atoms with van der Waals surface area (Å²) in [6, 6.07) is 9.30. The van der Waals surface area contributed by atoms with E-state index in [9.17, 15) is 19.8 Å². The maximum absolute atomic E-state index is 12.7. The van der Waals surface area contributed by atoms with Crippen molar-refractivity contribution in [2.24, 2.45) is 0 Å². The molecule has 1 aromatic carbocycles. The second-order valence-corrected chi connectivity index (χ2v) is 8.55. The molecule has 2 aliphatic rings. The van der Waals surface area contributed by atoms with Gasteiger partial charge in [0.2, 0.25) is 0 Å². The van der Waals surface area contributed by atoms with Gasteiger partial charge in [-0.3, -0.25) is 4.90 Å². The number of aliphatic hydroxyl groups is 2. The van der Waals surface area contributed by atoms with Gasteiger partial charge in [0.1, 0.15) is 12.2 Å². The van der Waals surface area contributed by atoms with Crippen LogP contribution in [-0.4, -0.2) is 75.2 Å². The van der Waals surface area contributed by atoms with Crippen molar-refractivity contribution in [3.05, 3.63) is 35.9 Å². The summed E-state index contributed by atoms with van der Waals surface area (Å²) in [5, 5.41) is 20.2. The number of benzene rings is 1. The van der Waals surface area contributed by atoms with E-state index in [1.54, 1.807) is 20.8 Å². The van der Waals surface area contributed by atoms with E-state index in [-0.39, 0.29) is 32.7 Å². The van der Waals surface area contributed by atoms with Gasteiger partial charge in [-0.2, -0.15) is 0 Å². The highest BCUT2D eigenvalue weighted by Gasteiger charge is 2.57. The molecule has 8 heteroatoms. The summed E-state index contributed by atoms with van der Waals surface area (Å²) in [7, 11) is 0. The lowest BCUT2D eigenvalue weighted by atomic mass is 9.78. The number of rotatable bonds is 2. The van der Waals surface area contributed by atoms with Crippen molar-refractivity contribution < 1.29 is 29.3 Å². The molecule has 2 heterocycles. The molecule has 1 spiro atoms. The number of hydrogen-bond acceptors (Lipinski definition) is 6. The summed E-state index contributed by atoms with van der Waals surface area (Å²) in [5.74, 6) is 0. The van der Waals surface area contributed by atoms with Crippen LogP contribution >= 0.6 is 0 Å². The van der Waals surface area contributed by atoms with Crippen LogP contribution in [0.3, 0.4) is 0 Å². The SMILES string of the molecule is CC(C)(C)OC(=O)N1CC2(C[C@H](O)[C@H](O)CN2C(=O)OCc2ccccc2)C1. The standard InChI is InChI=1S/C20H28N2O6/c1-19(2,3)28-17(25)21-12-20(13-21)9-15(23)16(24)10-22(20)18(26)27-11-14-7-5-4-6-8-14/h4-8,15-16,23-24H,9-13H2,1-3H3/t15-,16+/m0/s1. The number of carbonyl (C=O) groups is 2. The van der Waals surface area contributed by atoms with Gasteiger partial charge in [0.25, 0.3) is 0 Å². The molecule has 0 unspecified atom stereocenters. The third-order valence-corrected chi connectivity index (χ3v) is 5.02. The van der Waals surface area contributed by atoms with E-state index >= 15 is 0 Å². The van der Waals surface area contributed by atoms with Crippen molar-refractivity contribution in [2.75, 3.05) is 19.6 Å². The van der Waals surface area contributed by atoms with Gasteiger partial charge in [0.05, 0.1) is 24.3 Å². The van der Waals surface area contributed by atoms with Gasteiger partial charge >= 0.3 is 12.2 Å². The van der Waals surface area contributed by atoms with Crippen LogP contribution in [0.25, 0.3) is 0 Å². The predicted octanol–water partition coefficient (Wildman–Crippen LogP) is 1.74. The van der Waals surface area contributed by atoms with Crippen LogP contribution in [0, 0.1) is 0 Å². The highest BCUT2D eigenvalue weighted by atomic mass is 16.6. The molecule has 2 atom stereocenters. The lowest BCUT2D eigenvalue weighted by Crippen LogP contribution is -2.76. The van der Waals surface area contributed by atoms with Gasteiger partial charge in [-0.1, -0.05) is 30.3 Å². The Morgan fingerprint density at radius 3 is 2.36 bits per heavy atom. The van der Waals surface area contributed by atoms with E-state index in [1.165, 1.54) is 9.80 Å². The second kappa shape index (κ2) is 7.60. The Balaban J connectivity index is 1.66. The van der Waals surface area contributed by atoms with Crippen LogP contribution < -0.4 is 0 Å². The van der Waals surface area contributed by atoms with Gasteiger partial charge < -0.3 is 24.6 Å². The number of likely N-dealkylation sites (tertiary alicyclic amines) is 2. The third kappa shape index (κ3) is 4.39. The third-order valence-electron chi connectivity index (χ3n) is 5.02. The molecule has 0 aromatic heterocycles. The van der Waals surface area contributed by atoms with Crippen molar-refractivity contribution in [3.8, 4) is 0 Å². The Labute approximate surface area is 164 Å². The van der Waals surface area contributed by atoms with Crippen LogP contribution in [0.1, 0.15) is 32.8 Å². The highest BCUT2D eigenvalue weighted by molar-refractivity contribution is 5.73. The molecule has 0 radical (unpaired) electrons. The minimum atomic E-state index is -1.05. The Morgan fingerprint density at radius 2 is 1.75 bits per heavy atom. The molecule has 0 saturated carbocycles. The van der Waals surface area contributed by atoms with E-state index in [0.717, 1.165) is 5.56 Å². The van der Waals surface area contributed by atoms with E-state index in [0.29, 0.717) is 0 Å². The highest BCUT2D eigenvalue weighted by Crippen LogP contribution is 2.38. The molecular weight excluding hydrogens is 364 g/mol. The lowest BCUT2D eigenvalue weighted by Gasteiger charge is -2.58. The summed E-state index contributed by atoms with van der Waals surface area (Å²) in [6.07, 6.45) is -2.87. The smallest absolute Gasteiger partial charge is 0.410 e. The molecule has 8 nitrogen and oxygen atoms in total. The number of aliphatic hydroxyl groups excluding tert-OH is 2. The number of piperidine rings is 1. The Hall–Kier alpha value is -2.32. The summed E-state index contributed by atoms with van der Waals surface area (Å²) >= 11 is 0. The van der Waals surface area contributed by atoms with Crippen molar-refractivity contribution in [3.63, 3.8) is 0 Å². The minimum absolute atomic E-state index is 0.0447. The normalized spacial score (nSPS) is 23.9. The zero-order chi connectivity index (χ0) is 20.5. The fourth-order valence-electron chi connectivity index (χ4n) is 3.62. The topological polar surface area (TPSA) is 99.5 Å². The second-order valence-electron chi connectivity index (χ2n) is 8.55. The first kappa shape index (κ1) is 20.4. The lowest BCUT2D eigenvalue weighted by molar-refractivity contribution is -0.137. The molecule has 0 bridgehead atoms. The predicted molar refractivity (Wildman–Crippen MR) is 101 cm³/mol. The van der Waals surface area contributed by atoms with Crippen LogP contribution in [0.15, 0.2) is 30.3 Å². The number of carbonyl (C=O) groups excluding carboxylic acids is 2. The van der Waals surface area contributed by atoms with E-state index in [2.05, 4.69) is 0 Å². The molecular formula is C20H28N2O6. The zero-order valence-corrected chi connectivity index (χ0v) is 16.5. The molecule has 2 fully saturated rings. The molecule has 2 aliphatic heterocycles. The van der Waals surface area contributed by atoms with E-state index < -0.39 is 35.5 Å². The van der Waals surface area contributed by atoms with E-state index in [1.807, 2.05) is 30.3 Å². The first-order valence-electron chi connectivity index (χ1n) is 9.42. The molecule has 3 rings (SSSR count). The maximum atomic E-state index is 12.7. The number of amides is 2. The largest absolute Gasteiger partial charge is 0.445 e. The monoisotopic (exact) mass is 392 g/mol. The van der Waals surface area contributed by atoms with Gasteiger partial charge in [-0.05, 0) is 26.3 Å². The van der Waals surface area contributed by atoms with Crippen LogP contribution in [0.5, 0.6) is 0 Å². The summed E-state index contributed by atoms with van der Waals surface area (Å²) in [6.45, 7) is 5.88. The average Bonchev–Trinajstić information content (AvgIpc) is 2.59. The molecule has 1 aromatic rings. The van der Waals surface area contributed by atoms with Crippen molar-refractivity contribution in [1.29, 1.82) is 0 Å². The van der Waals surface area contributed by atoms with Crippen LogP contribution in [0.2, 0.25) is 0 Å². The number of nitrogens with zero attached hydrogens (tertiary/aromatic N) is 2. The Kier molecular flexibility index (Phi) is 5.54. The van der Waals surface area contributed by atoms with Crippen molar-refractivity contribution >= 4 is 12.2 Å². The van der Waals surface area contributed by atoms with Gasteiger partial charge in [-0.15, -0.1) is 0 Å². The quantitative estimate of drug-likeness (QED) is 0.795. The van der Waals surface area contributed by atoms with Gasteiger partial charge in [0.15, 0.2) is 0 Å². The van der Waals surface area contributed by atoms with Crippen LogP contribution in [-0.2, 0) is 16.1 Å². The Bertz CT molecular complexity index is 711. The van der Waals surface area contributed by atoms with E-state index in [4.69, 9.17) is 9.47 Å². The molecule has 0 aliphatic carbocycles. The first-order chi connectivity index (χ1) is 13.1. The molecule has 2 N–H and O–H groups in total. The van der Waals surface area contributed by atoms with Gasteiger partial charge in [-0.25, -0.2) is 9.59 Å². The maximum Gasteiger partial charge on any atom is 0.410 e. The van der Waals surface area contributed by atoms with Crippen molar-refractivity contribution in [2.45, 2.75) is 57.1 Å². The number of ether oxygens (including phenoxy) is 2. The molecule has 2 saturated heterocycles. The minimum Gasteiger partial charge on any atom is -0.445 e. The molecule has 154 valence electrons. The van der Waals surface area contributed by atoms with Crippen LogP contribution in [0.4, 0.5) is 9.59 Å². The summed E-state index contributed by atoms with van der Waals surface area (Å²) < 4.78 is 10.8. The fourth-order valence-corrected chi connectivity index (χ4v) is 3.62. The summed E-state index contributed by atoms with van der Waals surface area (Å²) in [4.78, 5) is 27.9. The fraction of sp³-hybridized carbons (Fsp3) is 0.600. The van der Waals surface area contributed by atoms with Crippen molar-refractivity contribution in [1.82, 2.24) is 9.80 Å². The number of hydrogen-bond donors (Lipinski definition) is 2. The average molecular weight is 392 g/mol. The molecule has 2 amide bonds. The number of β-amino-alcohol motifs (C(OH)–C–C–N with tert-alkyl or cyclic N) is 1. The summed E-state index contributed by atoms with van der Waals surface area (Å²) in [5.41, 5.74) is -0.522. The van der Waals surface area contributed by atoms with Gasteiger partial charge in [0, 0.05) is 19.5 Å². The Morgan fingerprint density at radius 1 is 1.11 bits per heavy atom. The zero-order valence-electron chi connectivity index (χ0n) is 16.5.